The molecule has 0 aromatic heterocycles. The van der Waals surface area contributed by atoms with Crippen LogP contribution in [0.15, 0.2) is 42.5 Å². The maximum Gasteiger partial charge on any atom is 0.238 e. The molecule has 1 amide bonds. The summed E-state index contributed by atoms with van der Waals surface area (Å²) in [6.07, 6.45) is 0.907. The molecule has 0 radical (unpaired) electrons. The zero-order chi connectivity index (χ0) is 19.2. The number of hydrogen-bond acceptors (Lipinski definition) is 3. The molecule has 27 heavy (non-hydrogen) atoms. The average Bonchev–Trinajstić information content (AvgIpc) is 2.67. The number of carbonyl (C=O) groups excluding carboxylic acids is 1. The maximum absolute atomic E-state index is 12.4. The predicted molar refractivity (Wildman–Crippen MR) is 113 cm³/mol. The Morgan fingerprint density at radius 1 is 1.00 bits per heavy atom. The first-order valence-corrected chi connectivity index (χ1v) is 10.1. The lowest BCUT2D eigenvalue weighted by Crippen LogP contribution is -2.48. The highest BCUT2D eigenvalue weighted by molar-refractivity contribution is 6.42. The highest BCUT2D eigenvalue weighted by atomic mass is 35.5. The van der Waals surface area contributed by atoms with E-state index in [9.17, 15) is 4.79 Å². The first-order valence-electron chi connectivity index (χ1n) is 9.31. The molecule has 6 heteroatoms. The van der Waals surface area contributed by atoms with Crippen LogP contribution in [0, 0.1) is 0 Å². The fourth-order valence-electron chi connectivity index (χ4n) is 3.35. The number of carbonyl (C=O) groups is 1. The van der Waals surface area contributed by atoms with Gasteiger partial charge in [-0.1, -0.05) is 54.4 Å². The van der Waals surface area contributed by atoms with E-state index in [1.54, 1.807) is 0 Å². The average molecular weight is 406 g/mol. The number of rotatable bonds is 6. The van der Waals surface area contributed by atoms with Crippen molar-refractivity contribution >= 4 is 34.8 Å². The molecular formula is C21H25Cl2N3O. The largest absolute Gasteiger partial charge is 0.325 e. The van der Waals surface area contributed by atoms with Gasteiger partial charge in [-0.3, -0.25) is 14.6 Å². The minimum atomic E-state index is 0.0498. The maximum atomic E-state index is 12.4. The summed E-state index contributed by atoms with van der Waals surface area (Å²) in [5.41, 5.74) is 3.24. The van der Waals surface area contributed by atoms with Gasteiger partial charge in [0.1, 0.15) is 0 Å². The zero-order valence-electron chi connectivity index (χ0n) is 15.5. The fraction of sp³-hybridized carbons (Fsp3) is 0.381. The van der Waals surface area contributed by atoms with Crippen molar-refractivity contribution in [1.82, 2.24) is 9.80 Å². The number of hydrogen-bond donors (Lipinski definition) is 1. The molecule has 0 saturated carbocycles. The summed E-state index contributed by atoms with van der Waals surface area (Å²) in [4.78, 5) is 17.0. The lowest BCUT2D eigenvalue weighted by molar-refractivity contribution is -0.117. The molecule has 0 spiro atoms. The van der Waals surface area contributed by atoms with E-state index in [4.69, 9.17) is 23.2 Å². The van der Waals surface area contributed by atoms with Gasteiger partial charge in [-0.2, -0.15) is 0 Å². The van der Waals surface area contributed by atoms with Crippen LogP contribution in [0.4, 0.5) is 5.69 Å². The quantitative estimate of drug-likeness (QED) is 0.777. The molecule has 3 rings (SSSR count). The first-order chi connectivity index (χ1) is 13.0. The molecule has 4 nitrogen and oxygen atoms in total. The minimum absolute atomic E-state index is 0.0498. The molecule has 0 atom stereocenters. The Labute approximate surface area is 171 Å². The van der Waals surface area contributed by atoms with Crippen LogP contribution < -0.4 is 5.32 Å². The molecule has 1 aliphatic heterocycles. The molecule has 0 bridgehead atoms. The third-order valence-corrected chi connectivity index (χ3v) is 5.63. The highest BCUT2D eigenvalue weighted by Gasteiger charge is 2.19. The molecule has 144 valence electrons. The van der Waals surface area contributed by atoms with Crippen molar-refractivity contribution in [3.8, 4) is 0 Å². The third kappa shape index (κ3) is 5.69. The summed E-state index contributed by atoms with van der Waals surface area (Å²) in [6.45, 7) is 6.99. The van der Waals surface area contributed by atoms with Crippen molar-refractivity contribution in [3.05, 3.63) is 63.6 Å². The minimum Gasteiger partial charge on any atom is -0.325 e. The second-order valence-corrected chi connectivity index (χ2v) is 7.67. The summed E-state index contributed by atoms with van der Waals surface area (Å²) >= 11 is 12.1. The van der Waals surface area contributed by atoms with E-state index in [2.05, 4.69) is 28.1 Å². The Morgan fingerprint density at radius 3 is 2.41 bits per heavy atom. The molecule has 1 fully saturated rings. The Morgan fingerprint density at radius 2 is 1.70 bits per heavy atom. The van der Waals surface area contributed by atoms with Gasteiger partial charge in [-0.05, 0) is 35.7 Å². The summed E-state index contributed by atoms with van der Waals surface area (Å²) < 4.78 is 0. The lowest BCUT2D eigenvalue weighted by Gasteiger charge is -2.34. The van der Waals surface area contributed by atoms with Gasteiger partial charge in [-0.15, -0.1) is 0 Å². The number of anilines is 1. The van der Waals surface area contributed by atoms with Gasteiger partial charge in [-0.25, -0.2) is 0 Å². The number of nitrogens with one attached hydrogen (secondary N) is 1. The second kappa shape index (κ2) is 9.56. The van der Waals surface area contributed by atoms with Gasteiger partial charge < -0.3 is 5.32 Å². The van der Waals surface area contributed by atoms with Crippen molar-refractivity contribution in [2.75, 3.05) is 38.0 Å². The number of para-hydroxylation sites is 1. The molecule has 1 aliphatic rings. The van der Waals surface area contributed by atoms with E-state index >= 15 is 0 Å². The Kier molecular flexibility index (Phi) is 7.13. The Balaban J connectivity index is 1.46. The summed E-state index contributed by atoms with van der Waals surface area (Å²) in [7, 11) is 0. The Bertz CT molecular complexity index is 789. The van der Waals surface area contributed by atoms with Crippen LogP contribution in [0.1, 0.15) is 18.1 Å². The van der Waals surface area contributed by atoms with Crippen LogP contribution >= 0.6 is 23.2 Å². The van der Waals surface area contributed by atoms with Gasteiger partial charge in [0.25, 0.3) is 0 Å². The number of benzene rings is 2. The normalized spacial score (nSPS) is 15.7. The highest BCUT2D eigenvalue weighted by Crippen LogP contribution is 2.23. The topological polar surface area (TPSA) is 35.6 Å². The van der Waals surface area contributed by atoms with Crippen LogP contribution in [0.5, 0.6) is 0 Å². The van der Waals surface area contributed by atoms with Crippen molar-refractivity contribution in [2.24, 2.45) is 0 Å². The van der Waals surface area contributed by atoms with E-state index in [1.807, 2.05) is 36.4 Å². The molecular weight excluding hydrogens is 381 g/mol. The van der Waals surface area contributed by atoms with Gasteiger partial charge in [0.05, 0.1) is 16.6 Å². The molecule has 1 N–H and O–H groups in total. The fourth-order valence-corrected chi connectivity index (χ4v) is 3.67. The monoisotopic (exact) mass is 405 g/mol. The third-order valence-electron chi connectivity index (χ3n) is 4.89. The van der Waals surface area contributed by atoms with Gasteiger partial charge in [0, 0.05) is 38.4 Å². The van der Waals surface area contributed by atoms with Crippen molar-refractivity contribution < 1.29 is 4.79 Å². The zero-order valence-corrected chi connectivity index (χ0v) is 17.1. The summed E-state index contributed by atoms with van der Waals surface area (Å²) in [5, 5.41) is 4.23. The van der Waals surface area contributed by atoms with Crippen molar-refractivity contribution in [2.45, 2.75) is 19.9 Å². The van der Waals surface area contributed by atoms with Crippen LogP contribution in [0.25, 0.3) is 0 Å². The summed E-state index contributed by atoms with van der Waals surface area (Å²) in [5.74, 6) is 0.0498. The Hall–Kier alpha value is -1.59. The molecule has 2 aromatic carbocycles. The van der Waals surface area contributed by atoms with Crippen LogP contribution in [-0.2, 0) is 17.8 Å². The van der Waals surface area contributed by atoms with E-state index in [0.29, 0.717) is 16.6 Å². The van der Waals surface area contributed by atoms with Crippen LogP contribution in [-0.4, -0.2) is 48.4 Å². The van der Waals surface area contributed by atoms with Crippen molar-refractivity contribution in [3.63, 3.8) is 0 Å². The predicted octanol–water partition coefficient (Wildman–Crippen LogP) is 4.31. The standard InChI is InChI=1S/C21H25Cl2N3O/c1-2-17-5-3-4-6-20(17)24-21(27)15-26-11-9-25(10-12-26)14-16-7-8-18(22)19(23)13-16/h3-8,13H,2,9-12,14-15H2,1H3,(H,24,27). The number of aryl methyl sites for hydroxylation is 1. The van der Waals surface area contributed by atoms with Gasteiger partial charge >= 0.3 is 0 Å². The molecule has 0 unspecified atom stereocenters. The van der Waals surface area contributed by atoms with Crippen molar-refractivity contribution in [1.29, 1.82) is 0 Å². The lowest BCUT2D eigenvalue weighted by atomic mass is 10.1. The van der Waals surface area contributed by atoms with E-state index in [0.717, 1.165) is 56.0 Å². The smallest absolute Gasteiger partial charge is 0.238 e. The molecule has 1 saturated heterocycles. The van der Waals surface area contributed by atoms with Crippen LogP contribution in [0.2, 0.25) is 10.0 Å². The SMILES string of the molecule is CCc1ccccc1NC(=O)CN1CCN(Cc2ccc(Cl)c(Cl)c2)CC1. The van der Waals surface area contributed by atoms with Crippen LogP contribution in [0.3, 0.4) is 0 Å². The van der Waals surface area contributed by atoms with E-state index in [1.165, 1.54) is 0 Å². The molecule has 2 aromatic rings. The van der Waals surface area contributed by atoms with E-state index < -0.39 is 0 Å². The van der Waals surface area contributed by atoms with Gasteiger partial charge in [0.15, 0.2) is 0 Å². The molecule has 1 heterocycles. The molecule has 0 aliphatic carbocycles. The number of nitrogens with zero attached hydrogens (tertiary/aromatic N) is 2. The number of amides is 1. The number of halogens is 2. The van der Waals surface area contributed by atoms with E-state index in [-0.39, 0.29) is 5.91 Å². The number of piperazine rings is 1. The summed E-state index contributed by atoms with van der Waals surface area (Å²) in [6, 6.07) is 13.8. The second-order valence-electron chi connectivity index (χ2n) is 6.86. The van der Waals surface area contributed by atoms with Gasteiger partial charge in [0.2, 0.25) is 5.91 Å². The first kappa shape index (κ1) is 20.2.